The molecule has 0 saturated heterocycles. The standard InChI is InChI=1S/C13H17NO2/c1-2-16-13(15)9-5-8-11-6-3-4-7-12(11)10-14/h3-8H,2,9-10,14H2,1H3. The van der Waals surface area contributed by atoms with Gasteiger partial charge in [0, 0.05) is 6.54 Å². The molecule has 1 aromatic rings. The molecular weight excluding hydrogens is 202 g/mol. The fourth-order valence-electron chi connectivity index (χ4n) is 1.38. The number of nitrogens with two attached hydrogens (primary N) is 1. The van der Waals surface area contributed by atoms with Gasteiger partial charge in [0.1, 0.15) is 0 Å². The summed E-state index contributed by atoms with van der Waals surface area (Å²) in [6.07, 6.45) is 4.00. The summed E-state index contributed by atoms with van der Waals surface area (Å²) in [4.78, 5) is 11.1. The second-order valence-corrected chi connectivity index (χ2v) is 3.31. The first-order chi connectivity index (χ1) is 7.77. The van der Waals surface area contributed by atoms with E-state index in [4.69, 9.17) is 10.5 Å². The zero-order valence-electron chi connectivity index (χ0n) is 9.48. The monoisotopic (exact) mass is 219 g/mol. The van der Waals surface area contributed by atoms with E-state index in [2.05, 4.69) is 0 Å². The second-order valence-electron chi connectivity index (χ2n) is 3.31. The van der Waals surface area contributed by atoms with E-state index in [0.717, 1.165) is 11.1 Å². The SMILES string of the molecule is CCOC(=O)CC=Cc1ccccc1CN. The van der Waals surface area contributed by atoms with Crippen molar-refractivity contribution in [2.24, 2.45) is 5.73 Å². The van der Waals surface area contributed by atoms with Crippen molar-refractivity contribution in [1.82, 2.24) is 0 Å². The molecular formula is C13H17NO2. The van der Waals surface area contributed by atoms with Crippen molar-refractivity contribution in [2.45, 2.75) is 19.9 Å². The quantitative estimate of drug-likeness (QED) is 0.772. The first-order valence-electron chi connectivity index (χ1n) is 5.38. The summed E-state index contributed by atoms with van der Waals surface area (Å²) in [5.41, 5.74) is 7.73. The maximum absolute atomic E-state index is 11.1. The smallest absolute Gasteiger partial charge is 0.309 e. The molecule has 1 rings (SSSR count). The number of hydrogen-bond donors (Lipinski definition) is 1. The molecule has 3 heteroatoms. The number of carbonyl (C=O) groups is 1. The molecule has 0 heterocycles. The Labute approximate surface area is 95.9 Å². The second kappa shape index (κ2) is 6.80. The molecule has 0 fully saturated rings. The van der Waals surface area contributed by atoms with Crippen LogP contribution in [0.5, 0.6) is 0 Å². The van der Waals surface area contributed by atoms with Crippen LogP contribution >= 0.6 is 0 Å². The fourth-order valence-corrected chi connectivity index (χ4v) is 1.38. The van der Waals surface area contributed by atoms with Gasteiger partial charge in [-0.25, -0.2) is 0 Å². The Balaban J connectivity index is 2.58. The predicted octanol–water partition coefficient (Wildman–Crippen LogP) is 2.11. The minimum absolute atomic E-state index is 0.205. The van der Waals surface area contributed by atoms with Crippen LogP contribution in [0.2, 0.25) is 0 Å². The molecule has 0 unspecified atom stereocenters. The Bertz CT molecular complexity index is 372. The zero-order chi connectivity index (χ0) is 11.8. The Morgan fingerprint density at radius 3 is 2.88 bits per heavy atom. The lowest BCUT2D eigenvalue weighted by Crippen LogP contribution is -2.01. The van der Waals surface area contributed by atoms with Crippen LogP contribution in [0.3, 0.4) is 0 Å². The summed E-state index contributed by atoms with van der Waals surface area (Å²) in [7, 11) is 0. The fraction of sp³-hybridized carbons (Fsp3) is 0.308. The number of esters is 1. The van der Waals surface area contributed by atoms with E-state index >= 15 is 0 Å². The molecule has 16 heavy (non-hydrogen) atoms. The lowest BCUT2D eigenvalue weighted by atomic mass is 10.1. The summed E-state index contributed by atoms with van der Waals surface area (Å²) in [6.45, 7) is 2.72. The minimum atomic E-state index is -0.205. The summed E-state index contributed by atoms with van der Waals surface area (Å²) in [5.74, 6) is -0.205. The van der Waals surface area contributed by atoms with E-state index in [1.54, 1.807) is 13.0 Å². The van der Waals surface area contributed by atoms with Gasteiger partial charge in [-0.15, -0.1) is 0 Å². The Kier molecular flexibility index (Phi) is 5.29. The maximum Gasteiger partial charge on any atom is 0.309 e. The molecule has 0 aliphatic rings. The molecule has 1 aromatic carbocycles. The Hall–Kier alpha value is -1.61. The van der Waals surface area contributed by atoms with Gasteiger partial charge in [0.25, 0.3) is 0 Å². The molecule has 0 spiro atoms. The van der Waals surface area contributed by atoms with Crippen LogP contribution in [0.15, 0.2) is 30.3 Å². The molecule has 0 radical (unpaired) electrons. The lowest BCUT2D eigenvalue weighted by molar-refractivity contribution is -0.142. The van der Waals surface area contributed by atoms with Gasteiger partial charge in [-0.05, 0) is 18.1 Å². The van der Waals surface area contributed by atoms with Crippen LogP contribution in [0, 0.1) is 0 Å². The predicted molar refractivity (Wildman–Crippen MR) is 64.6 cm³/mol. The molecule has 86 valence electrons. The normalized spacial score (nSPS) is 10.6. The highest BCUT2D eigenvalue weighted by Gasteiger charge is 1.98. The van der Waals surface area contributed by atoms with E-state index in [0.29, 0.717) is 19.6 Å². The van der Waals surface area contributed by atoms with Crippen LogP contribution in [-0.2, 0) is 16.1 Å². The van der Waals surface area contributed by atoms with Gasteiger partial charge < -0.3 is 10.5 Å². The van der Waals surface area contributed by atoms with Gasteiger partial charge in [0.05, 0.1) is 13.0 Å². The van der Waals surface area contributed by atoms with Crippen molar-refractivity contribution < 1.29 is 9.53 Å². The van der Waals surface area contributed by atoms with E-state index in [1.807, 2.05) is 30.3 Å². The highest BCUT2D eigenvalue weighted by atomic mass is 16.5. The largest absolute Gasteiger partial charge is 0.466 e. The third kappa shape index (κ3) is 3.87. The van der Waals surface area contributed by atoms with E-state index in [9.17, 15) is 4.79 Å². The van der Waals surface area contributed by atoms with Crippen molar-refractivity contribution in [3.05, 3.63) is 41.5 Å². The molecule has 0 amide bonds. The molecule has 2 N–H and O–H groups in total. The first kappa shape index (κ1) is 12.5. The third-order valence-corrected chi connectivity index (χ3v) is 2.16. The lowest BCUT2D eigenvalue weighted by Gasteiger charge is -2.02. The van der Waals surface area contributed by atoms with Crippen molar-refractivity contribution in [2.75, 3.05) is 6.61 Å². The van der Waals surface area contributed by atoms with Gasteiger partial charge >= 0.3 is 5.97 Å². The van der Waals surface area contributed by atoms with Gasteiger partial charge in [-0.1, -0.05) is 36.4 Å². The molecule has 0 saturated carbocycles. The number of benzene rings is 1. The van der Waals surface area contributed by atoms with Gasteiger partial charge in [-0.2, -0.15) is 0 Å². The molecule has 0 atom stereocenters. The Morgan fingerprint density at radius 2 is 2.19 bits per heavy atom. The number of ether oxygens (including phenoxy) is 1. The topological polar surface area (TPSA) is 52.3 Å². The Morgan fingerprint density at radius 1 is 1.44 bits per heavy atom. The maximum atomic E-state index is 11.1. The van der Waals surface area contributed by atoms with Gasteiger partial charge in [0.15, 0.2) is 0 Å². The number of rotatable bonds is 5. The van der Waals surface area contributed by atoms with Crippen LogP contribution < -0.4 is 5.73 Å². The van der Waals surface area contributed by atoms with Crippen molar-refractivity contribution in [1.29, 1.82) is 0 Å². The van der Waals surface area contributed by atoms with E-state index in [1.165, 1.54) is 0 Å². The van der Waals surface area contributed by atoms with Crippen molar-refractivity contribution >= 4 is 12.0 Å². The zero-order valence-corrected chi connectivity index (χ0v) is 9.48. The highest BCUT2D eigenvalue weighted by molar-refractivity contribution is 5.72. The molecule has 0 aliphatic heterocycles. The third-order valence-electron chi connectivity index (χ3n) is 2.16. The van der Waals surface area contributed by atoms with Crippen molar-refractivity contribution in [3.8, 4) is 0 Å². The average Bonchev–Trinajstić information content (AvgIpc) is 2.30. The van der Waals surface area contributed by atoms with Crippen LogP contribution in [0.25, 0.3) is 6.08 Å². The van der Waals surface area contributed by atoms with E-state index in [-0.39, 0.29) is 5.97 Å². The molecule has 0 aromatic heterocycles. The summed E-state index contributed by atoms with van der Waals surface area (Å²) >= 11 is 0. The molecule has 3 nitrogen and oxygen atoms in total. The number of carbonyl (C=O) groups excluding carboxylic acids is 1. The van der Waals surface area contributed by atoms with Gasteiger partial charge in [0.2, 0.25) is 0 Å². The van der Waals surface area contributed by atoms with Crippen LogP contribution in [0.4, 0.5) is 0 Å². The average molecular weight is 219 g/mol. The summed E-state index contributed by atoms with van der Waals surface area (Å²) in [6, 6.07) is 7.85. The first-order valence-corrected chi connectivity index (χ1v) is 5.38. The van der Waals surface area contributed by atoms with Gasteiger partial charge in [-0.3, -0.25) is 4.79 Å². The van der Waals surface area contributed by atoms with Crippen LogP contribution in [0.1, 0.15) is 24.5 Å². The van der Waals surface area contributed by atoms with Crippen LogP contribution in [-0.4, -0.2) is 12.6 Å². The number of hydrogen-bond acceptors (Lipinski definition) is 3. The summed E-state index contributed by atoms with van der Waals surface area (Å²) in [5, 5.41) is 0. The minimum Gasteiger partial charge on any atom is -0.466 e. The highest BCUT2D eigenvalue weighted by Crippen LogP contribution is 2.10. The van der Waals surface area contributed by atoms with E-state index < -0.39 is 0 Å². The molecule has 0 bridgehead atoms. The molecule has 0 aliphatic carbocycles. The van der Waals surface area contributed by atoms with Crippen molar-refractivity contribution in [3.63, 3.8) is 0 Å². The summed E-state index contributed by atoms with van der Waals surface area (Å²) < 4.78 is 4.82.